The first-order chi connectivity index (χ1) is 17.7. The van der Waals surface area contributed by atoms with E-state index in [1.165, 1.54) is 12.8 Å². The van der Waals surface area contributed by atoms with Crippen LogP contribution < -0.4 is 10.6 Å². The molecule has 2 heterocycles. The minimum absolute atomic E-state index is 0.0939. The number of nitrogens with zero attached hydrogens (tertiary/aromatic N) is 3. The Morgan fingerprint density at radius 2 is 1.86 bits per heavy atom. The average Bonchev–Trinajstić information content (AvgIpc) is 3.78. The molecule has 8 nitrogen and oxygen atoms in total. The first-order valence-corrected chi connectivity index (χ1v) is 13.2. The van der Waals surface area contributed by atoms with Crippen LogP contribution in [0.3, 0.4) is 0 Å². The maximum atomic E-state index is 15.3. The summed E-state index contributed by atoms with van der Waals surface area (Å²) in [5.74, 6) is -3.55. The Morgan fingerprint density at radius 1 is 1.19 bits per heavy atom. The van der Waals surface area contributed by atoms with E-state index in [0.717, 1.165) is 32.0 Å². The van der Waals surface area contributed by atoms with Crippen molar-refractivity contribution in [3.05, 3.63) is 29.8 Å². The second kappa shape index (κ2) is 9.75. The molecule has 4 aliphatic rings. The van der Waals surface area contributed by atoms with Crippen LogP contribution in [0.4, 0.5) is 13.6 Å². The van der Waals surface area contributed by atoms with Gasteiger partial charge in [-0.3, -0.25) is 4.79 Å². The number of amides is 3. The molecule has 5 rings (SSSR count). The van der Waals surface area contributed by atoms with Gasteiger partial charge in [-0.2, -0.15) is 5.26 Å². The van der Waals surface area contributed by atoms with E-state index in [9.17, 15) is 14.9 Å². The molecule has 4 fully saturated rings. The van der Waals surface area contributed by atoms with Gasteiger partial charge < -0.3 is 25.2 Å². The van der Waals surface area contributed by atoms with Crippen molar-refractivity contribution in [1.29, 1.82) is 5.26 Å². The van der Waals surface area contributed by atoms with Crippen molar-refractivity contribution in [2.45, 2.75) is 74.9 Å². The maximum Gasteiger partial charge on any atom is 0.318 e. The zero-order valence-corrected chi connectivity index (χ0v) is 21.3. The van der Waals surface area contributed by atoms with E-state index in [1.54, 1.807) is 36.3 Å². The van der Waals surface area contributed by atoms with Crippen molar-refractivity contribution >= 4 is 11.9 Å². The third-order valence-corrected chi connectivity index (χ3v) is 8.39. The number of para-hydroxylation sites is 1. The number of piperidine rings is 1. The lowest BCUT2D eigenvalue weighted by atomic mass is 9.72. The molecule has 2 aliphatic carbocycles. The summed E-state index contributed by atoms with van der Waals surface area (Å²) < 4.78 is 34.6. The first-order valence-electron chi connectivity index (χ1n) is 13.2. The molecule has 2 aliphatic heterocycles. The molecule has 3 amide bonds. The number of ether oxygens (including phenoxy) is 1. The molecule has 1 spiro atoms. The van der Waals surface area contributed by atoms with Crippen molar-refractivity contribution in [1.82, 2.24) is 20.4 Å². The van der Waals surface area contributed by atoms with Crippen LogP contribution in [0.1, 0.15) is 50.5 Å². The molecular formula is C27H36F2N5O3+. The van der Waals surface area contributed by atoms with Crippen LogP contribution in [0.5, 0.6) is 5.75 Å². The van der Waals surface area contributed by atoms with Crippen LogP contribution in [-0.4, -0.2) is 83.3 Å². The first kappa shape index (κ1) is 25.7. The number of aliphatic hydroxyl groups is 1. The third kappa shape index (κ3) is 5.82. The molecule has 3 N–H and O–H groups in total. The molecule has 0 aromatic heterocycles. The Bertz CT molecular complexity index is 1070. The fraction of sp³-hybridized carbons (Fsp3) is 0.667. The van der Waals surface area contributed by atoms with Crippen LogP contribution in [0, 0.1) is 16.7 Å². The number of hydrogen-bond acceptors (Lipinski definition) is 4. The van der Waals surface area contributed by atoms with Gasteiger partial charge in [-0.15, -0.1) is 0 Å². The van der Waals surface area contributed by atoms with E-state index in [1.807, 2.05) is 0 Å². The maximum absolute atomic E-state index is 15.3. The van der Waals surface area contributed by atoms with E-state index in [4.69, 9.17) is 0 Å². The summed E-state index contributed by atoms with van der Waals surface area (Å²) in [4.78, 5) is 30.2. The number of urea groups is 1. The van der Waals surface area contributed by atoms with Crippen molar-refractivity contribution in [2.75, 3.05) is 33.3 Å². The highest BCUT2D eigenvalue weighted by atomic mass is 19.3. The number of aromatic hydroxyl groups is 1. The van der Waals surface area contributed by atoms with Crippen LogP contribution in [0.15, 0.2) is 24.3 Å². The lowest BCUT2D eigenvalue weighted by Gasteiger charge is -2.54. The Kier molecular flexibility index (Phi) is 6.77. The molecular weight excluding hydrogens is 480 g/mol. The van der Waals surface area contributed by atoms with Crippen molar-refractivity contribution < 1.29 is 23.1 Å². The normalized spacial score (nSPS) is 22.9. The Labute approximate surface area is 216 Å². The number of likely N-dealkylation sites (tertiary alicyclic amines) is 2. The Morgan fingerprint density at radius 3 is 2.46 bits per heavy atom. The van der Waals surface area contributed by atoms with Gasteiger partial charge in [0, 0.05) is 43.5 Å². The molecule has 1 atom stereocenters. The number of alkyl halides is 2. The van der Waals surface area contributed by atoms with Crippen LogP contribution >= 0.6 is 0 Å². The molecule has 2 saturated heterocycles. The third-order valence-electron chi connectivity index (χ3n) is 8.39. The number of carbonyl (C=O) groups is 2. The van der Waals surface area contributed by atoms with E-state index < -0.39 is 42.3 Å². The van der Waals surface area contributed by atoms with Crippen LogP contribution in [0.25, 0.3) is 0 Å². The molecule has 1 aromatic rings. The zero-order valence-electron chi connectivity index (χ0n) is 21.3. The molecule has 0 radical (unpaired) electrons. The molecule has 37 heavy (non-hydrogen) atoms. The SMILES string of the molecule is C[OH+]c1ccccc1CC(F)(F)C[C@H](NC(=O)N1CC2(CCN(C3CC3)CC2)C1)C(=O)NC1(C#N)CC1. The topological polar surface area (TPSA) is 101 Å². The lowest BCUT2D eigenvalue weighted by Crippen LogP contribution is -2.65. The largest absolute Gasteiger partial charge is 0.584 e. The summed E-state index contributed by atoms with van der Waals surface area (Å²) >= 11 is 0. The standard InChI is InChI=1S/C27H35F2N5O3/c1-37-22-5-3-2-4-19(22)14-27(28,29)15-21(23(35)32-26(16-30)8-9-26)31-24(36)34-17-25(18-34)10-12-33(13-11-25)20-6-7-20/h2-5,20-21H,6-15,17-18H2,1H3,(H,31,36)(H,32,35)/p+1/t21-/m0/s1. The van der Waals surface area contributed by atoms with Crippen molar-refractivity contribution in [3.63, 3.8) is 0 Å². The summed E-state index contributed by atoms with van der Waals surface area (Å²) in [7, 11) is 1.54. The summed E-state index contributed by atoms with van der Waals surface area (Å²) in [5.41, 5.74) is -0.547. The minimum Gasteiger partial charge on any atom is -0.584 e. The fourth-order valence-corrected chi connectivity index (χ4v) is 5.72. The zero-order chi connectivity index (χ0) is 26.3. The van der Waals surface area contributed by atoms with Gasteiger partial charge in [0.25, 0.3) is 11.7 Å². The van der Waals surface area contributed by atoms with E-state index in [2.05, 4.69) is 26.3 Å². The van der Waals surface area contributed by atoms with Gasteiger partial charge in [0.15, 0.2) is 7.11 Å². The van der Waals surface area contributed by atoms with Gasteiger partial charge in [0.2, 0.25) is 5.91 Å². The molecule has 200 valence electrons. The van der Waals surface area contributed by atoms with Crippen molar-refractivity contribution in [2.24, 2.45) is 5.41 Å². The van der Waals surface area contributed by atoms with E-state index >= 15 is 8.78 Å². The highest BCUT2D eigenvalue weighted by molar-refractivity contribution is 5.88. The quantitative estimate of drug-likeness (QED) is 0.493. The second-order valence-corrected chi connectivity index (χ2v) is 11.4. The summed E-state index contributed by atoms with van der Waals surface area (Å²) in [6.07, 6.45) is 4.11. The summed E-state index contributed by atoms with van der Waals surface area (Å²) in [6.45, 7) is 3.24. The minimum atomic E-state index is -3.27. The smallest absolute Gasteiger partial charge is 0.318 e. The number of carbonyl (C=O) groups excluding carboxylic acids is 2. The van der Waals surface area contributed by atoms with Gasteiger partial charge in [-0.25, -0.2) is 13.6 Å². The van der Waals surface area contributed by atoms with Gasteiger partial charge >= 0.3 is 6.03 Å². The molecule has 1 aromatic carbocycles. The lowest BCUT2D eigenvalue weighted by molar-refractivity contribution is -0.126. The van der Waals surface area contributed by atoms with Gasteiger partial charge in [0.05, 0.1) is 11.6 Å². The number of nitriles is 1. The van der Waals surface area contributed by atoms with Gasteiger partial charge in [-0.1, -0.05) is 12.1 Å². The molecule has 2 saturated carbocycles. The van der Waals surface area contributed by atoms with Crippen LogP contribution in [0.2, 0.25) is 0 Å². The number of benzene rings is 1. The van der Waals surface area contributed by atoms with E-state index in [0.29, 0.717) is 37.2 Å². The number of hydrogen-bond donors (Lipinski definition) is 2. The summed E-state index contributed by atoms with van der Waals surface area (Å²) in [6, 6.07) is 7.48. The molecule has 0 bridgehead atoms. The number of nitrogens with one attached hydrogen (secondary N) is 2. The Balaban J connectivity index is 1.22. The average molecular weight is 517 g/mol. The number of rotatable bonds is 9. The van der Waals surface area contributed by atoms with Gasteiger partial charge in [-0.05, 0) is 57.7 Å². The van der Waals surface area contributed by atoms with Crippen LogP contribution in [-0.2, 0) is 11.2 Å². The predicted octanol–water partition coefficient (Wildman–Crippen LogP) is 2.94. The highest BCUT2D eigenvalue weighted by Crippen LogP contribution is 2.43. The predicted molar refractivity (Wildman–Crippen MR) is 133 cm³/mol. The van der Waals surface area contributed by atoms with Crippen molar-refractivity contribution in [3.8, 4) is 11.8 Å². The molecule has 0 unspecified atom stereocenters. The Hall–Kier alpha value is -2.93. The van der Waals surface area contributed by atoms with Gasteiger partial charge in [0.1, 0.15) is 11.6 Å². The highest BCUT2D eigenvalue weighted by Gasteiger charge is 2.50. The summed E-state index contributed by atoms with van der Waals surface area (Å²) in [5, 5.41) is 14.5. The van der Waals surface area contributed by atoms with E-state index in [-0.39, 0.29) is 5.41 Å². The second-order valence-electron chi connectivity index (χ2n) is 11.4. The molecule has 10 heteroatoms. The fourth-order valence-electron chi connectivity index (χ4n) is 5.72. The monoisotopic (exact) mass is 516 g/mol. The number of halogens is 2.